The smallest absolute Gasteiger partial charge is 0.0111 e. The second kappa shape index (κ2) is 4.27. The number of hydrogen-bond acceptors (Lipinski definition) is 0. The van der Waals surface area contributed by atoms with Crippen molar-refractivity contribution < 1.29 is 0 Å². The fourth-order valence-corrected chi connectivity index (χ4v) is 12.1. The molecule has 2 rings (SSSR count). The Balaban J connectivity index is 1.97. The molecule has 0 aromatic carbocycles. The second-order valence-electron chi connectivity index (χ2n) is 6.50. The Morgan fingerprint density at radius 2 is 1.20 bits per heavy atom. The molecule has 2 aliphatic rings. The zero-order chi connectivity index (χ0) is 11.1. The lowest BCUT2D eigenvalue weighted by Gasteiger charge is -2.35. The van der Waals surface area contributed by atoms with Crippen LogP contribution in [0.25, 0.3) is 0 Å². The summed E-state index contributed by atoms with van der Waals surface area (Å²) in [6, 6.07) is 0. The number of hydrogen-bond donors (Lipinski definition) is 0. The van der Waals surface area contributed by atoms with Gasteiger partial charge >= 0.3 is 0 Å². The van der Waals surface area contributed by atoms with E-state index in [0.717, 1.165) is 10.3 Å². The van der Waals surface area contributed by atoms with Gasteiger partial charge in [0.25, 0.3) is 0 Å². The molecule has 0 nitrogen and oxygen atoms in total. The van der Waals surface area contributed by atoms with Crippen molar-refractivity contribution >= 4 is 15.8 Å². The van der Waals surface area contributed by atoms with E-state index in [2.05, 4.69) is 27.7 Å². The van der Waals surface area contributed by atoms with Crippen LogP contribution < -0.4 is 0 Å². The van der Waals surface area contributed by atoms with Crippen molar-refractivity contribution in [2.45, 2.75) is 63.7 Å². The molecule has 2 saturated heterocycles. The summed E-state index contributed by atoms with van der Waals surface area (Å²) < 4.78 is 0. The lowest BCUT2D eigenvalue weighted by molar-refractivity contribution is 0.655. The summed E-state index contributed by atoms with van der Waals surface area (Å²) in [7, 11) is 0.742. The van der Waals surface area contributed by atoms with Gasteiger partial charge in [0, 0.05) is 0 Å². The van der Waals surface area contributed by atoms with Crippen molar-refractivity contribution in [2.75, 3.05) is 18.2 Å². The third-order valence-corrected chi connectivity index (χ3v) is 12.8. The molecule has 0 aromatic heterocycles. The average Bonchev–Trinajstić information content (AvgIpc) is 2.58. The Labute approximate surface area is 98.1 Å². The van der Waals surface area contributed by atoms with Gasteiger partial charge in [-0.1, -0.05) is 43.5 Å². The van der Waals surface area contributed by atoms with Crippen LogP contribution in [0.2, 0.25) is 0 Å². The zero-order valence-corrected chi connectivity index (χ0v) is 12.6. The fourth-order valence-electron chi connectivity index (χ4n) is 3.06. The highest BCUT2D eigenvalue weighted by Gasteiger charge is 2.40. The van der Waals surface area contributed by atoms with Crippen LogP contribution in [0.5, 0.6) is 0 Å². The summed E-state index contributed by atoms with van der Waals surface area (Å²) in [4.78, 5) is 0. The molecular formula is C13H26P2. The summed E-state index contributed by atoms with van der Waals surface area (Å²) in [6.07, 6.45) is 9.20. The molecule has 2 heterocycles. The largest absolute Gasteiger partial charge is 0.0965 e. The van der Waals surface area contributed by atoms with Crippen LogP contribution in [-0.4, -0.2) is 28.5 Å². The van der Waals surface area contributed by atoms with Crippen LogP contribution >= 0.6 is 15.8 Å². The Kier molecular flexibility index (Phi) is 3.51. The molecule has 0 spiro atoms. The van der Waals surface area contributed by atoms with Crippen molar-refractivity contribution in [1.82, 2.24) is 0 Å². The third kappa shape index (κ3) is 2.58. The van der Waals surface area contributed by atoms with Crippen LogP contribution in [0.15, 0.2) is 0 Å². The van der Waals surface area contributed by atoms with Crippen molar-refractivity contribution in [3.05, 3.63) is 0 Å². The summed E-state index contributed by atoms with van der Waals surface area (Å²) >= 11 is 0. The molecule has 0 aromatic rings. The quantitative estimate of drug-likeness (QED) is 0.596. The Morgan fingerprint density at radius 3 is 1.47 bits per heavy atom. The van der Waals surface area contributed by atoms with E-state index in [9.17, 15) is 0 Å². The first-order valence-corrected chi connectivity index (χ1v) is 9.84. The highest BCUT2D eigenvalue weighted by atomic mass is 31.2. The van der Waals surface area contributed by atoms with Crippen molar-refractivity contribution in [2.24, 2.45) is 0 Å². The summed E-state index contributed by atoms with van der Waals surface area (Å²) in [5.74, 6) is 1.64. The standard InChI is InChI=1S/C13H26P2/c1-12(2)7-5-9-14(12)11-15-10-6-8-13(15,3)4/h5-11H2,1-4H3. The molecule has 0 radical (unpaired) electrons. The van der Waals surface area contributed by atoms with E-state index in [0.29, 0.717) is 15.8 Å². The highest BCUT2D eigenvalue weighted by Crippen LogP contribution is 2.69. The van der Waals surface area contributed by atoms with Gasteiger partial charge in [-0.3, -0.25) is 0 Å². The van der Waals surface area contributed by atoms with E-state index in [1.807, 2.05) is 0 Å². The van der Waals surface area contributed by atoms with Gasteiger partial charge in [0.2, 0.25) is 0 Å². The molecule has 2 unspecified atom stereocenters. The van der Waals surface area contributed by atoms with Crippen molar-refractivity contribution in [3.63, 3.8) is 0 Å². The topological polar surface area (TPSA) is 0 Å². The first kappa shape index (κ1) is 12.3. The lowest BCUT2D eigenvalue weighted by atomic mass is 10.1. The Bertz CT molecular complexity index is 209. The van der Waals surface area contributed by atoms with Gasteiger partial charge in [-0.15, -0.1) is 0 Å². The Hall–Kier alpha value is 0.860. The van der Waals surface area contributed by atoms with Crippen LogP contribution in [-0.2, 0) is 0 Å². The number of rotatable bonds is 2. The lowest BCUT2D eigenvalue weighted by Crippen LogP contribution is -2.17. The maximum Gasteiger partial charge on any atom is -0.0111 e. The van der Waals surface area contributed by atoms with E-state index in [1.54, 1.807) is 18.2 Å². The molecule has 0 N–H and O–H groups in total. The van der Waals surface area contributed by atoms with Gasteiger partial charge in [-0.05, 0) is 54.2 Å². The van der Waals surface area contributed by atoms with Crippen LogP contribution in [0.3, 0.4) is 0 Å². The second-order valence-corrected chi connectivity index (χ2v) is 13.1. The van der Waals surface area contributed by atoms with E-state index in [-0.39, 0.29) is 0 Å². The van der Waals surface area contributed by atoms with Gasteiger partial charge < -0.3 is 0 Å². The SMILES string of the molecule is CC1(C)CCCP1CP1CCCC1(C)C. The van der Waals surface area contributed by atoms with E-state index in [4.69, 9.17) is 0 Å². The fraction of sp³-hybridized carbons (Fsp3) is 1.00. The monoisotopic (exact) mass is 244 g/mol. The average molecular weight is 244 g/mol. The van der Waals surface area contributed by atoms with E-state index in [1.165, 1.54) is 25.7 Å². The van der Waals surface area contributed by atoms with Gasteiger partial charge in [0.15, 0.2) is 0 Å². The maximum absolute atomic E-state index is 2.53. The van der Waals surface area contributed by atoms with Crippen LogP contribution in [0.4, 0.5) is 0 Å². The maximum atomic E-state index is 2.53. The minimum Gasteiger partial charge on any atom is -0.0965 e. The normalized spacial score (nSPS) is 38.4. The molecule has 0 saturated carbocycles. The van der Waals surface area contributed by atoms with Crippen molar-refractivity contribution in [3.8, 4) is 0 Å². The summed E-state index contributed by atoms with van der Waals surface area (Å²) in [5, 5.41) is 1.44. The predicted molar refractivity (Wildman–Crippen MR) is 75.1 cm³/mol. The molecule has 0 amide bonds. The predicted octanol–water partition coefficient (Wildman–Crippen LogP) is 5.05. The molecule has 2 atom stereocenters. The minimum absolute atomic E-state index is 0.371. The van der Waals surface area contributed by atoms with Crippen molar-refractivity contribution in [1.29, 1.82) is 0 Å². The molecule has 2 heteroatoms. The first-order chi connectivity index (χ1) is 6.92. The highest BCUT2D eigenvalue weighted by molar-refractivity contribution is 7.76. The van der Waals surface area contributed by atoms with Gasteiger partial charge in [-0.2, -0.15) is 0 Å². The molecule has 0 bridgehead atoms. The molecule has 0 aliphatic carbocycles. The zero-order valence-electron chi connectivity index (χ0n) is 10.8. The van der Waals surface area contributed by atoms with Crippen LogP contribution in [0.1, 0.15) is 53.4 Å². The van der Waals surface area contributed by atoms with Crippen LogP contribution in [0, 0.1) is 0 Å². The summed E-state index contributed by atoms with van der Waals surface area (Å²) in [5.41, 5.74) is 0. The Morgan fingerprint density at radius 1 is 0.800 bits per heavy atom. The molecule has 2 fully saturated rings. The minimum atomic E-state index is 0.371. The van der Waals surface area contributed by atoms with Gasteiger partial charge in [-0.25, -0.2) is 0 Å². The van der Waals surface area contributed by atoms with E-state index >= 15 is 0 Å². The van der Waals surface area contributed by atoms with Gasteiger partial charge in [0.05, 0.1) is 0 Å². The molecule has 88 valence electrons. The van der Waals surface area contributed by atoms with E-state index < -0.39 is 0 Å². The molecular weight excluding hydrogens is 218 g/mol. The third-order valence-electron chi connectivity index (χ3n) is 4.49. The first-order valence-electron chi connectivity index (χ1n) is 6.42. The molecule has 2 aliphatic heterocycles. The molecule has 15 heavy (non-hydrogen) atoms. The van der Waals surface area contributed by atoms with Gasteiger partial charge in [0.1, 0.15) is 0 Å². The summed E-state index contributed by atoms with van der Waals surface area (Å²) in [6.45, 7) is 10.1.